The van der Waals surface area contributed by atoms with Gasteiger partial charge in [-0.1, -0.05) is 0 Å². The fourth-order valence-electron chi connectivity index (χ4n) is 1.73. The lowest BCUT2D eigenvalue weighted by molar-refractivity contribution is 0.391. The number of hydrogen-bond donors (Lipinski definition) is 1. The first-order valence-electron chi connectivity index (χ1n) is 5.48. The van der Waals surface area contributed by atoms with E-state index in [1.165, 1.54) is 16.8 Å². The van der Waals surface area contributed by atoms with Gasteiger partial charge in [-0.05, 0) is 33.2 Å². The smallest absolute Gasteiger partial charge is 0.243 e. The molecule has 0 saturated heterocycles. The highest BCUT2D eigenvalue weighted by Gasteiger charge is 2.08. The highest BCUT2D eigenvalue weighted by atomic mass is 19.1. The van der Waals surface area contributed by atoms with E-state index in [-0.39, 0.29) is 11.9 Å². The molecule has 0 aromatic carbocycles. The first-order chi connectivity index (χ1) is 8.04. The Balaban J connectivity index is 2.14. The van der Waals surface area contributed by atoms with Crippen molar-refractivity contribution in [3.63, 3.8) is 0 Å². The van der Waals surface area contributed by atoms with Gasteiger partial charge < -0.3 is 10.2 Å². The predicted molar refractivity (Wildman–Crippen MR) is 64.6 cm³/mol. The molecular formula is C11H16FN5. The van der Waals surface area contributed by atoms with Gasteiger partial charge in [-0.15, -0.1) is 5.10 Å². The van der Waals surface area contributed by atoms with E-state index in [4.69, 9.17) is 0 Å². The Hall–Kier alpha value is -1.69. The second-order valence-electron chi connectivity index (χ2n) is 4.39. The lowest BCUT2D eigenvalue weighted by atomic mass is 10.3. The summed E-state index contributed by atoms with van der Waals surface area (Å²) in [5.41, 5.74) is 0.631. The Kier molecular flexibility index (Phi) is 3.23. The van der Waals surface area contributed by atoms with Gasteiger partial charge in [-0.25, -0.2) is 8.91 Å². The van der Waals surface area contributed by atoms with Gasteiger partial charge in [0.2, 0.25) is 5.95 Å². The fourth-order valence-corrected chi connectivity index (χ4v) is 1.73. The van der Waals surface area contributed by atoms with E-state index in [9.17, 15) is 4.39 Å². The van der Waals surface area contributed by atoms with Crippen molar-refractivity contribution >= 4 is 11.6 Å². The molecular weight excluding hydrogens is 221 g/mol. The molecule has 5 nitrogen and oxygen atoms in total. The van der Waals surface area contributed by atoms with E-state index in [0.29, 0.717) is 11.6 Å². The molecule has 17 heavy (non-hydrogen) atoms. The molecule has 0 spiro atoms. The summed E-state index contributed by atoms with van der Waals surface area (Å²) in [5, 5.41) is 7.33. The number of likely N-dealkylation sites (N-methyl/N-ethyl adjacent to an activating group) is 1. The minimum absolute atomic E-state index is 0.229. The van der Waals surface area contributed by atoms with Crippen LogP contribution in [0.5, 0.6) is 0 Å². The zero-order valence-electron chi connectivity index (χ0n) is 10.2. The van der Waals surface area contributed by atoms with Gasteiger partial charge in [-0.3, -0.25) is 0 Å². The Bertz CT molecular complexity index is 508. The van der Waals surface area contributed by atoms with Crippen molar-refractivity contribution in [1.82, 2.24) is 19.5 Å². The molecule has 0 amide bonds. The van der Waals surface area contributed by atoms with Crippen molar-refractivity contribution in [3.8, 4) is 0 Å². The summed E-state index contributed by atoms with van der Waals surface area (Å²) in [7, 11) is 4.01. The van der Waals surface area contributed by atoms with Crippen LogP contribution < -0.4 is 5.32 Å². The van der Waals surface area contributed by atoms with Gasteiger partial charge in [0.15, 0.2) is 5.65 Å². The van der Waals surface area contributed by atoms with Crippen molar-refractivity contribution < 1.29 is 4.39 Å². The lowest BCUT2D eigenvalue weighted by Crippen LogP contribution is -2.30. The zero-order valence-corrected chi connectivity index (χ0v) is 10.2. The summed E-state index contributed by atoms with van der Waals surface area (Å²) in [5.74, 6) is 0.195. The standard InChI is InChI=1S/C11H16FN5/c1-8(6-16(2)3)13-11-14-10-5-4-9(12)7-17(10)15-11/h4-5,7-8H,6H2,1-3H3,(H,13,15). The van der Waals surface area contributed by atoms with E-state index >= 15 is 0 Å². The van der Waals surface area contributed by atoms with Crippen LogP contribution in [0.2, 0.25) is 0 Å². The van der Waals surface area contributed by atoms with Crippen molar-refractivity contribution in [3.05, 3.63) is 24.1 Å². The highest BCUT2D eigenvalue weighted by Crippen LogP contribution is 2.07. The molecule has 0 aliphatic carbocycles. The molecule has 0 aliphatic rings. The summed E-state index contributed by atoms with van der Waals surface area (Å²) < 4.78 is 14.4. The molecule has 0 saturated carbocycles. The van der Waals surface area contributed by atoms with Gasteiger partial charge in [0.25, 0.3) is 0 Å². The van der Waals surface area contributed by atoms with E-state index in [1.54, 1.807) is 6.07 Å². The monoisotopic (exact) mass is 237 g/mol. The SMILES string of the molecule is CC(CN(C)C)Nc1nc2ccc(F)cn2n1. The lowest BCUT2D eigenvalue weighted by Gasteiger charge is -2.16. The van der Waals surface area contributed by atoms with Gasteiger partial charge in [0.05, 0.1) is 6.20 Å². The number of fused-ring (bicyclic) bond motifs is 1. The fraction of sp³-hybridized carbons (Fsp3) is 0.455. The van der Waals surface area contributed by atoms with Crippen molar-refractivity contribution in [1.29, 1.82) is 0 Å². The third-order valence-corrected chi connectivity index (χ3v) is 2.31. The van der Waals surface area contributed by atoms with Crippen LogP contribution in [0.1, 0.15) is 6.92 Å². The van der Waals surface area contributed by atoms with Crippen LogP contribution in [0, 0.1) is 5.82 Å². The molecule has 1 atom stereocenters. The third kappa shape index (κ3) is 2.91. The molecule has 1 unspecified atom stereocenters. The molecule has 0 fully saturated rings. The predicted octanol–water partition coefficient (Wildman–Crippen LogP) is 1.23. The summed E-state index contributed by atoms with van der Waals surface area (Å²) in [6, 6.07) is 3.20. The number of nitrogens with one attached hydrogen (secondary N) is 1. The first-order valence-corrected chi connectivity index (χ1v) is 5.48. The molecule has 1 N–H and O–H groups in total. The third-order valence-electron chi connectivity index (χ3n) is 2.31. The average molecular weight is 237 g/mol. The minimum Gasteiger partial charge on any atom is -0.349 e. The van der Waals surface area contributed by atoms with Crippen molar-refractivity contribution in [2.75, 3.05) is 26.0 Å². The molecule has 0 radical (unpaired) electrons. The quantitative estimate of drug-likeness (QED) is 0.868. The normalized spacial score (nSPS) is 13.2. The van der Waals surface area contributed by atoms with Gasteiger partial charge in [0, 0.05) is 12.6 Å². The van der Waals surface area contributed by atoms with Crippen LogP contribution in [-0.4, -0.2) is 46.2 Å². The number of pyridine rings is 1. The maximum Gasteiger partial charge on any atom is 0.243 e. The van der Waals surface area contributed by atoms with Gasteiger partial charge >= 0.3 is 0 Å². The molecule has 2 heterocycles. The highest BCUT2D eigenvalue weighted by molar-refractivity contribution is 5.43. The Morgan fingerprint density at radius 3 is 2.94 bits per heavy atom. The number of halogens is 1. The number of nitrogens with zero attached hydrogens (tertiary/aromatic N) is 4. The summed E-state index contributed by atoms with van der Waals surface area (Å²) in [6.07, 6.45) is 1.31. The zero-order chi connectivity index (χ0) is 12.4. The van der Waals surface area contributed by atoms with E-state index < -0.39 is 0 Å². The first kappa shape index (κ1) is 11.8. The molecule has 0 bridgehead atoms. The molecule has 2 rings (SSSR count). The van der Waals surface area contributed by atoms with Gasteiger partial charge in [-0.2, -0.15) is 4.98 Å². The van der Waals surface area contributed by atoms with Crippen LogP contribution in [0.3, 0.4) is 0 Å². The Morgan fingerprint density at radius 1 is 1.47 bits per heavy atom. The minimum atomic E-state index is -0.324. The molecule has 92 valence electrons. The summed E-state index contributed by atoms with van der Waals surface area (Å²) >= 11 is 0. The van der Waals surface area contributed by atoms with Crippen LogP contribution in [0.25, 0.3) is 5.65 Å². The molecule has 2 aromatic rings. The van der Waals surface area contributed by atoms with Crippen LogP contribution in [0.15, 0.2) is 18.3 Å². The van der Waals surface area contributed by atoms with Gasteiger partial charge in [0.1, 0.15) is 5.82 Å². The molecule has 2 aromatic heterocycles. The van der Waals surface area contributed by atoms with Crippen LogP contribution >= 0.6 is 0 Å². The van der Waals surface area contributed by atoms with Crippen molar-refractivity contribution in [2.45, 2.75) is 13.0 Å². The molecule has 0 aliphatic heterocycles. The Morgan fingerprint density at radius 2 is 2.24 bits per heavy atom. The largest absolute Gasteiger partial charge is 0.349 e. The number of anilines is 1. The van der Waals surface area contributed by atoms with E-state index in [1.807, 2.05) is 21.0 Å². The average Bonchev–Trinajstić information content (AvgIpc) is 2.57. The summed E-state index contributed by atoms with van der Waals surface area (Å²) in [4.78, 5) is 6.33. The maximum atomic E-state index is 13.0. The van der Waals surface area contributed by atoms with Crippen LogP contribution in [-0.2, 0) is 0 Å². The second kappa shape index (κ2) is 4.67. The number of aromatic nitrogens is 3. The topological polar surface area (TPSA) is 45.5 Å². The van der Waals surface area contributed by atoms with Crippen molar-refractivity contribution in [2.24, 2.45) is 0 Å². The summed E-state index contributed by atoms with van der Waals surface area (Å²) in [6.45, 7) is 2.93. The maximum absolute atomic E-state index is 13.0. The number of rotatable bonds is 4. The number of hydrogen-bond acceptors (Lipinski definition) is 4. The molecule has 6 heteroatoms. The second-order valence-corrected chi connectivity index (χ2v) is 4.39. The van der Waals surface area contributed by atoms with E-state index in [0.717, 1.165) is 6.54 Å². The van der Waals surface area contributed by atoms with E-state index in [2.05, 4.69) is 20.3 Å². The Labute approximate surface area is 99.3 Å². The van der Waals surface area contributed by atoms with Crippen LogP contribution in [0.4, 0.5) is 10.3 Å².